The molecule has 0 bridgehead atoms. The van der Waals surface area contributed by atoms with Crippen LogP contribution in [-0.2, 0) is 0 Å². The van der Waals surface area contributed by atoms with Gasteiger partial charge in [-0.2, -0.15) is 9.50 Å². The molecule has 1 N–H and O–H groups in total. The van der Waals surface area contributed by atoms with Gasteiger partial charge in [-0.25, -0.2) is 4.98 Å². The molecular formula is C24H20N6O. The number of hydrogen-bond donors (Lipinski definition) is 1. The van der Waals surface area contributed by atoms with Crippen LogP contribution in [0.5, 0.6) is 5.75 Å². The fourth-order valence-electron chi connectivity index (χ4n) is 3.28. The van der Waals surface area contributed by atoms with Gasteiger partial charge in [-0.15, -0.1) is 5.10 Å². The first-order chi connectivity index (χ1) is 15.3. The van der Waals surface area contributed by atoms with Gasteiger partial charge in [-0.3, -0.25) is 4.98 Å². The number of aromatic nitrogens is 5. The number of nitrogens with zero attached hydrogens (tertiary/aromatic N) is 5. The van der Waals surface area contributed by atoms with Crippen LogP contribution in [0.25, 0.3) is 28.4 Å². The molecule has 0 spiro atoms. The van der Waals surface area contributed by atoms with E-state index in [2.05, 4.69) is 20.4 Å². The number of ether oxygens (including phenoxy) is 1. The number of benzene rings is 2. The van der Waals surface area contributed by atoms with Crippen LogP contribution in [0, 0.1) is 0 Å². The number of rotatable bonds is 6. The van der Waals surface area contributed by atoms with E-state index in [0.29, 0.717) is 18.2 Å². The van der Waals surface area contributed by atoms with E-state index in [0.717, 1.165) is 34.1 Å². The van der Waals surface area contributed by atoms with Crippen molar-refractivity contribution < 1.29 is 4.74 Å². The fourth-order valence-corrected chi connectivity index (χ4v) is 3.28. The molecule has 0 saturated carbocycles. The Labute approximate surface area is 179 Å². The van der Waals surface area contributed by atoms with Crippen molar-refractivity contribution in [1.82, 2.24) is 24.6 Å². The maximum Gasteiger partial charge on any atom is 0.255 e. The van der Waals surface area contributed by atoms with Crippen molar-refractivity contribution in [3.05, 3.63) is 85.2 Å². The quantitative estimate of drug-likeness (QED) is 0.426. The summed E-state index contributed by atoms with van der Waals surface area (Å²) in [5.41, 5.74) is 3.56. The molecule has 0 aliphatic rings. The Morgan fingerprint density at radius 2 is 1.71 bits per heavy atom. The van der Waals surface area contributed by atoms with Crippen molar-refractivity contribution in [3.63, 3.8) is 0 Å². The molecule has 31 heavy (non-hydrogen) atoms. The third-order valence-corrected chi connectivity index (χ3v) is 4.74. The molecule has 0 amide bonds. The summed E-state index contributed by atoms with van der Waals surface area (Å²) >= 11 is 0. The molecule has 0 unspecified atom stereocenters. The summed E-state index contributed by atoms with van der Waals surface area (Å²) in [5, 5.41) is 8.12. The molecule has 7 heteroatoms. The van der Waals surface area contributed by atoms with Crippen LogP contribution in [0.3, 0.4) is 0 Å². The van der Waals surface area contributed by atoms with Crippen LogP contribution in [0.1, 0.15) is 6.92 Å². The fraction of sp³-hybridized carbons (Fsp3) is 0.0833. The van der Waals surface area contributed by atoms with Crippen molar-refractivity contribution >= 4 is 17.3 Å². The van der Waals surface area contributed by atoms with E-state index in [-0.39, 0.29) is 0 Å². The Morgan fingerprint density at radius 1 is 0.903 bits per heavy atom. The number of anilines is 2. The molecule has 0 aliphatic carbocycles. The highest BCUT2D eigenvalue weighted by Crippen LogP contribution is 2.26. The lowest BCUT2D eigenvalue weighted by atomic mass is 10.1. The smallest absolute Gasteiger partial charge is 0.255 e. The molecule has 0 saturated heterocycles. The third-order valence-electron chi connectivity index (χ3n) is 4.74. The van der Waals surface area contributed by atoms with Crippen LogP contribution in [0.15, 0.2) is 85.2 Å². The zero-order chi connectivity index (χ0) is 21.0. The average Bonchev–Trinajstić information content (AvgIpc) is 3.26. The monoisotopic (exact) mass is 408 g/mol. The summed E-state index contributed by atoms with van der Waals surface area (Å²) in [4.78, 5) is 13.6. The molecule has 3 aromatic heterocycles. The third kappa shape index (κ3) is 3.93. The minimum absolute atomic E-state index is 0.508. The van der Waals surface area contributed by atoms with Gasteiger partial charge in [-0.1, -0.05) is 30.3 Å². The molecule has 0 aliphatic heterocycles. The molecule has 3 heterocycles. The van der Waals surface area contributed by atoms with E-state index < -0.39 is 0 Å². The second-order valence-corrected chi connectivity index (χ2v) is 6.86. The van der Waals surface area contributed by atoms with Crippen molar-refractivity contribution in [2.45, 2.75) is 6.92 Å². The van der Waals surface area contributed by atoms with Gasteiger partial charge in [0.2, 0.25) is 0 Å². The highest BCUT2D eigenvalue weighted by molar-refractivity contribution is 5.69. The van der Waals surface area contributed by atoms with Crippen LogP contribution >= 0.6 is 0 Å². The molecule has 5 aromatic rings. The lowest BCUT2D eigenvalue weighted by molar-refractivity contribution is 0.340. The van der Waals surface area contributed by atoms with Crippen LogP contribution in [0.4, 0.5) is 11.5 Å². The zero-order valence-corrected chi connectivity index (χ0v) is 16.9. The van der Waals surface area contributed by atoms with Gasteiger partial charge in [0.1, 0.15) is 11.6 Å². The second-order valence-electron chi connectivity index (χ2n) is 6.86. The Bertz CT molecular complexity index is 1300. The normalized spacial score (nSPS) is 10.9. The lowest BCUT2D eigenvalue weighted by Gasteiger charge is -2.11. The largest absolute Gasteiger partial charge is 0.494 e. The summed E-state index contributed by atoms with van der Waals surface area (Å²) in [6.45, 7) is 2.60. The van der Waals surface area contributed by atoms with E-state index >= 15 is 0 Å². The molecule has 2 aromatic carbocycles. The molecule has 0 atom stereocenters. The van der Waals surface area contributed by atoms with Crippen molar-refractivity contribution in [1.29, 1.82) is 0 Å². The Balaban J connectivity index is 1.60. The van der Waals surface area contributed by atoms with Crippen molar-refractivity contribution in [3.8, 4) is 28.4 Å². The van der Waals surface area contributed by atoms with E-state index in [1.54, 1.807) is 16.9 Å². The molecular weight excluding hydrogens is 388 g/mol. The second kappa shape index (κ2) is 8.23. The zero-order valence-electron chi connectivity index (χ0n) is 16.9. The van der Waals surface area contributed by atoms with Crippen molar-refractivity contribution in [2.75, 3.05) is 11.9 Å². The highest BCUT2D eigenvalue weighted by Gasteiger charge is 2.14. The minimum atomic E-state index is 0.508. The van der Waals surface area contributed by atoms with Crippen LogP contribution < -0.4 is 10.1 Å². The maximum absolute atomic E-state index is 5.54. The standard InChI is InChI=1S/C24H20N6O/c1-2-31-20-12-10-19(11-13-20)26-22-15-21(17-7-4-3-5-8-17)27-24-28-23(29-30(22)24)18-9-6-14-25-16-18/h3-16,26H,2H2,1H3. The number of fused-ring (bicyclic) bond motifs is 1. The van der Waals surface area contributed by atoms with E-state index in [4.69, 9.17) is 9.72 Å². The number of nitrogens with one attached hydrogen (secondary N) is 1. The predicted molar refractivity (Wildman–Crippen MR) is 120 cm³/mol. The van der Waals surface area contributed by atoms with Gasteiger partial charge in [0.05, 0.1) is 12.3 Å². The summed E-state index contributed by atoms with van der Waals surface area (Å²) in [6, 6.07) is 23.6. The van der Waals surface area contributed by atoms with Crippen molar-refractivity contribution in [2.24, 2.45) is 0 Å². The van der Waals surface area contributed by atoms with Gasteiger partial charge in [0, 0.05) is 35.3 Å². The average molecular weight is 408 g/mol. The first kappa shape index (κ1) is 18.7. The SMILES string of the molecule is CCOc1ccc(Nc2cc(-c3ccccc3)nc3nc(-c4cccnc4)nn23)cc1. The highest BCUT2D eigenvalue weighted by atomic mass is 16.5. The minimum Gasteiger partial charge on any atom is -0.494 e. The first-order valence-corrected chi connectivity index (χ1v) is 10.0. The van der Waals surface area contributed by atoms with E-state index in [1.807, 2.05) is 79.7 Å². The number of hydrogen-bond acceptors (Lipinski definition) is 6. The van der Waals surface area contributed by atoms with E-state index in [9.17, 15) is 0 Å². The summed E-state index contributed by atoms with van der Waals surface area (Å²) < 4.78 is 7.25. The molecule has 0 fully saturated rings. The Morgan fingerprint density at radius 3 is 2.45 bits per heavy atom. The summed E-state index contributed by atoms with van der Waals surface area (Å²) in [5.74, 6) is 2.67. The molecule has 0 radical (unpaired) electrons. The van der Waals surface area contributed by atoms with Crippen LogP contribution in [-0.4, -0.2) is 31.2 Å². The molecule has 5 rings (SSSR count). The topological polar surface area (TPSA) is 77.2 Å². The van der Waals surface area contributed by atoms with Gasteiger partial charge in [0.25, 0.3) is 5.78 Å². The van der Waals surface area contributed by atoms with Gasteiger partial charge < -0.3 is 10.1 Å². The lowest BCUT2D eigenvalue weighted by Crippen LogP contribution is -2.03. The van der Waals surface area contributed by atoms with Gasteiger partial charge >= 0.3 is 0 Å². The molecule has 7 nitrogen and oxygen atoms in total. The van der Waals surface area contributed by atoms with E-state index in [1.165, 1.54) is 0 Å². The predicted octanol–water partition coefficient (Wildman–Crippen LogP) is 5.00. The summed E-state index contributed by atoms with van der Waals surface area (Å²) in [7, 11) is 0. The Kier molecular flexibility index (Phi) is 4.98. The van der Waals surface area contributed by atoms with Gasteiger partial charge in [0.15, 0.2) is 5.82 Å². The van der Waals surface area contributed by atoms with Gasteiger partial charge in [-0.05, 0) is 43.3 Å². The number of pyridine rings is 1. The van der Waals surface area contributed by atoms with Crippen LogP contribution in [0.2, 0.25) is 0 Å². The summed E-state index contributed by atoms with van der Waals surface area (Å²) in [6.07, 6.45) is 3.47. The Hall–Kier alpha value is -4.26. The first-order valence-electron chi connectivity index (χ1n) is 10.0. The molecule has 152 valence electrons. The maximum atomic E-state index is 5.54.